The number of benzene rings is 1. The van der Waals surface area contributed by atoms with Crippen LogP contribution in [0.1, 0.15) is 10.4 Å². The van der Waals surface area contributed by atoms with Crippen LogP contribution in [-0.4, -0.2) is 37.7 Å². The maximum Gasteiger partial charge on any atom is 0.338 e. The highest BCUT2D eigenvalue weighted by atomic mass is 16.7. The number of nitrogens with one attached hydrogen (secondary N) is 1. The van der Waals surface area contributed by atoms with E-state index in [4.69, 9.17) is 14.2 Å². The Hall–Kier alpha value is -2.34. The van der Waals surface area contributed by atoms with Crippen molar-refractivity contribution in [3.05, 3.63) is 29.8 Å². The highest BCUT2D eigenvalue weighted by molar-refractivity contribution is 6.04. The summed E-state index contributed by atoms with van der Waals surface area (Å²) in [5.41, 5.74) is 1.22. The van der Waals surface area contributed by atoms with Gasteiger partial charge in [-0.1, -0.05) is 6.07 Å². The minimum Gasteiger partial charge on any atom is -0.465 e. The van der Waals surface area contributed by atoms with Gasteiger partial charge < -0.3 is 24.0 Å². The summed E-state index contributed by atoms with van der Waals surface area (Å²) < 4.78 is 14.9. The van der Waals surface area contributed by atoms with Crippen LogP contribution in [0.5, 0.6) is 5.88 Å². The number of methoxy groups -OCH3 is 1. The minimum atomic E-state index is -0.409. The lowest BCUT2D eigenvalue weighted by molar-refractivity contribution is -0.114. The Balaban J connectivity index is 2.20. The second-order valence-corrected chi connectivity index (χ2v) is 3.69. The van der Waals surface area contributed by atoms with Crippen molar-refractivity contribution in [3.63, 3.8) is 0 Å². The van der Waals surface area contributed by atoms with Gasteiger partial charge in [0.25, 0.3) is 0 Å². The van der Waals surface area contributed by atoms with Crippen molar-refractivity contribution < 1.29 is 23.8 Å². The van der Waals surface area contributed by atoms with Crippen LogP contribution in [0.3, 0.4) is 0 Å². The molecule has 1 N–H and O–H groups in total. The van der Waals surface area contributed by atoms with Crippen LogP contribution >= 0.6 is 0 Å². The molecule has 0 aliphatic carbocycles. The van der Waals surface area contributed by atoms with Gasteiger partial charge in [-0.25, -0.2) is 4.79 Å². The van der Waals surface area contributed by atoms with E-state index < -0.39 is 5.97 Å². The molecule has 0 unspecified atom stereocenters. The Kier molecular flexibility index (Phi) is 4.15. The van der Waals surface area contributed by atoms with Crippen molar-refractivity contribution in [2.45, 2.75) is 0 Å². The minimum absolute atomic E-state index is 0.0202. The zero-order valence-corrected chi connectivity index (χ0v) is 10.3. The molecule has 100 valence electrons. The second kappa shape index (κ2) is 6.01. The molecule has 1 heterocycles. The first-order valence-electron chi connectivity index (χ1n) is 5.60. The van der Waals surface area contributed by atoms with Crippen molar-refractivity contribution in [2.24, 2.45) is 0 Å². The summed E-state index contributed by atoms with van der Waals surface area (Å²) in [5.74, 6) is 0.0469. The molecule has 0 atom stereocenters. The second-order valence-electron chi connectivity index (χ2n) is 3.69. The zero-order chi connectivity index (χ0) is 13.7. The lowest BCUT2D eigenvalue weighted by atomic mass is 10.1. The number of H-pyrrole nitrogens is 1. The van der Waals surface area contributed by atoms with Gasteiger partial charge in [0.2, 0.25) is 0 Å². The van der Waals surface area contributed by atoms with E-state index >= 15 is 0 Å². The number of rotatable bonds is 6. The van der Waals surface area contributed by atoms with Gasteiger partial charge in [0.1, 0.15) is 12.9 Å². The third-order valence-corrected chi connectivity index (χ3v) is 2.53. The molecule has 0 saturated heterocycles. The molecule has 1 aromatic heterocycles. The molecular formula is C13H13NO5. The molecule has 0 radical (unpaired) electrons. The highest BCUT2D eigenvalue weighted by Gasteiger charge is 2.12. The number of aromatic amines is 1. The Bertz CT molecular complexity index is 590. The fourth-order valence-corrected chi connectivity index (χ4v) is 1.70. The maximum atomic E-state index is 11.6. The first kappa shape index (κ1) is 13.1. The van der Waals surface area contributed by atoms with E-state index in [2.05, 4.69) is 4.98 Å². The number of esters is 1. The van der Waals surface area contributed by atoms with Crippen molar-refractivity contribution in [1.29, 1.82) is 0 Å². The zero-order valence-electron chi connectivity index (χ0n) is 10.3. The molecule has 6 heteroatoms. The van der Waals surface area contributed by atoms with Gasteiger partial charge in [0.15, 0.2) is 12.7 Å². The number of ether oxygens (including phenoxy) is 3. The summed E-state index contributed by atoms with van der Waals surface area (Å²) in [7, 11) is 1.33. The van der Waals surface area contributed by atoms with Crippen molar-refractivity contribution >= 4 is 23.2 Å². The predicted molar refractivity (Wildman–Crippen MR) is 67.1 cm³/mol. The van der Waals surface area contributed by atoms with E-state index in [1.165, 1.54) is 7.11 Å². The molecule has 0 bridgehead atoms. The summed E-state index contributed by atoms with van der Waals surface area (Å²) in [5, 5.41) is 0.708. The molecule has 2 rings (SSSR count). The molecule has 2 aromatic rings. The first-order valence-corrected chi connectivity index (χ1v) is 5.60. The summed E-state index contributed by atoms with van der Waals surface area (Å²) in [6.45, 7) is -0.0627. The number of hydrogen-bond acceptors (Lipinski definition) is 5. The normalized spacial score (nSPS) is 10.4. The molecule has 0 saturated carbocycles. The molecule has 1 aromatic carbocycles. The lowest BCUT2D eigenvalue weighted by Gasteiger charge is -2.01. The van der Waals surface area contributed by atoms with E-state index in [-0.39, 0.29) is 13.4 Å². The van der Waals surface area contributed by atoms with Crippen molar-refractivity contribution in [2.75, 3.05) is 20.5 Å². The van der Waals surface area contributed by atoms with Gasteiger partial charge in [0, 0.05) is 17.0 Å². The molecule has 19 heavy (non-hydrogen) atoms. The Morgan fingerprint density at radius 1 is 1.42 bits per heavy atom. The Labute approximate surface area is 109 Å². The van der Waals surface area contributed by atoms with Crippen molar-refractivity contribution in [3.8, 4) is 5.88 Å². The molecule has 6 nitrogen and oxygen atoms in total. The first-order chi connectivity index (χ1) is 9.26. The number of carbonyl (C=O) groups excluding carboxylic acids is 2. The summed E-state index contributed by atoms with van der Waals surface area (Å²) in [4.78, 5) is 24.7. The van der Waals surface area contributed by atoms with Gasteiger partial charge in [-0.05, 0) is 12.1 Å². The van der Waals surface area contributed by atoms with Crippen LogP contribution in [0.2, 0.25) is 0 Å². The van der Waals surface area contributed by atoms with Gasteiger partial charge in [-0.2, -0.15) is 0 Å². The summed E-state index contributed by atoms with van der Waals surface area (Å²) in [6.07, 6.45) is 0.643. The van der Waals surface area contributed by atoms with Gasteiger partial charge >= 0.3 is 5.97 Å². The lowest BCUT2D eigenvalue weighted by Crippen LogP contribution is -2.04. The third-order valence-electron chi connectivity index (χ3n) is 2.53. The standard InChI is InChI=1S/C13H13NO5/c1-17-13(16)9-3-2-4-11-10(9)7-12(14-11)19-8-18-6-5-15/h2-5,7,14H,6,8H2,1H3. The average Bonchev–Trinajstić information content (AvgIpc) is 2.85. The molecule has 0 aliphatic heterocycles. The monoisotopic (exact) mass is 263 g/mol. The quantitative estimate of drug-likeness (QED) is 0.370. The smallest absolute Gasteiger partial charge is 0.338 e. The molecular weight excluding hydrogens is 250 g/mol. The van der Waals surface area contributed by atoms with Gasteiger partial charge in [-0.3, -0.25) is 0 Å². The van der Waals surface area contributed by atoms with Crippen molar-refractivity contribution in [1.82, 2.24) is 4.98 Å². The van der Waals surface area contributed by atoms with Crippen LogP contribution in [0.15, 0.2) is 24.3 Å². The van der Waals surface area contributed by atoms with Crippen LogP contribution in [0.25, 0.3) is 10.9 Å². The Morgan fingerprint density at radius 2 is 2.26 bits per heavy atom. The summed E-state index contributed by atoms with van der Waals surface area (Å²) in [6, 6.07) is 6.93. The van der Waals surface area contributed by atoms with E-state index in [9.17, 15) is 9.59 Å². The highest BCUT2D eigenvalue weighted by Crippen LogP contribution is 2.24. The largest absolute Gasteiger partial charge is 0.465 e. The average molecular weight is 263 g/mol. The maximum absolute atomic E-state index is 11.6. The Morgan fingerprint density at radius 3 is 3.00 bits per heavy atom. The third kappa shape index (κ3) is 2.92. The number of aromatic nitrogens is 1. The van der Waals surface area contributed by atoms with E-state index in [1.807, 2.05) is 6.07 Å². The number of carbonyl (C=O) groups is 2. The van der Waals surface area contributed by atoms with Crippen LogP contribution < -0.4 is 4.74 Å². The number of hydrogen-bond donors (Lipinski definition) is 1. The van der Waals surface area contributed by atoms with Crippen LogP contribution in [0.4, 0.5) is 0 Å². The van der Waals surface area contributed by atoms with Crippen LogP contribution in [0, 0.1) is 0 Å². The van der Waals surface area contributed by atoms with E-state index in [1.54, 1.807) is 18.2 Å². The molecule has 0 amide bonds. The van der Waals surface area contributed by atoms with E-state index in [0.29, 0.717) is 23.1 Å². The molecule has 0 spiro atoms. The molecule has 0 fully saturated rings. The SMILES string of the molecule is COC(=O)c1cccc2[nH]c(OCOCC=O)cc12. The fraction of sp³-hybridized carbons (Fsp3) is 0.231. The summed E-state index contributed by atoms with van der Waals surface area (Å²) >= 11 is 0. The number of aldehydes is 1. The predicted octanol–water partition coefficient (Wildman–Crippen LogP) is 1.51. The van der Waals surface area contributed by atoms with E-state index in [0.717, 1.165) is 5.52 Å². The topological polar surface area (TPSA) is 77.6 Å². The van der Waals surface area contributed by atoms with Gasteiger partial charge in [-0.15, -0.1) is 0 Å². The van der Waals surface area contributed by atoms with Gasteiger partial charge in [0.05, 0.1) is 12.7 Å². The number of fused-ring (bicyclic) bond motifs is 1. The van der Waals surface area contributed by atoms with Crippen LogP contribution in [-0.2, 0) is 14.3 Å². The molecule has 0 aliphatic rings. The fourth-order valence-electron chi connectivity index (χ4n) is 1.70.